The van der Waals surface area contributed by atoms with E-state index < -0.39 is 103 Å². The number of esters is 4. The van der Waals surface area contributed by atoms with Crippen molar-refractivity contribution in [3.8, 4) is 5.75 Å². The maximum absolute atomic E-state index is 12.4. The molecule has 2 aromatic carbocycles. The van der Waals surface area contributed by atoms with E-state index in [0.717, 1.165) is 27.7 Å². The molecule has 11 atom stereocenters. The summed E-state index contributed by atoms with van der Waals surface area (Å²) in [6, 6.07) is 13.9. The molecule has 3 heterocycles. The minimum Gasteiger partial charge on any atom is -0.463 e. The number of nitro groups is 1. The third-order valence-electron chi connectivity index (χ3n) is 7.92. The summed E-state index contributed by atoms with van der Waals surface area (Å²) < 4.78 is 58.3. The molecule has 3 fully saturated rings. The first kappa shape index (κ1) is 37.5. The van der Waals surface area contributed by atoms with Crippen LogP contribution in [0, 0.1) is 10.1 Å². The van der Waals surface area contributed by atoms with Crippen molar-refractivity contribution < 1.29 is 76.6 Å². The molecule has 0 amide bonds. The molecule has 3 aliphatic heterocycles. The van der Waals surface area contributed by atoms with Gasteiger partial charge in [0.2, 0.25) is 6.29 Å². The van der Waals surface area contributed by atoms with Crippen molar-refractivity contribution in [1.82, 2.24) is 0 Å². The summed E-state index contributed by atoms with van der Waals surface area (Å²) in [6.45, 7) is 3.80. The molecular formula is C33H37NO17. The first-order chi connectivity index (χ1) is 24.3. The molecule has 0 unspecified atom stereocenters. The fourth-order valence-corrected chi connectivity index (χ4v) is 5.83. The van der Waals surface area contributed by atoms with Crippen LogP contribution in [0.5, 0.6) is 5.75 Å². The fourth-order valence-electron chi connectivity index (χ4n) is 5.83. The molecule has 3 saturated heterocycles. The summed E-state index contributed by atoms with van der Waals surface area (Å²) in [5, 5.41) is 22.9. The van der Waals surface area contributed by atoms with Crippen LogP contribution < -0.4 is 4.74 Å². The zero-order valence-corrected chi connectivity index (χ0v) is 27.9. The molecule has 51 heavy (non-hydrogen) atoms. The number of aliphatic hydroxyl groups excluding tert-OH is 1. The Morgan fingerprint density at radius 2 is 1.41 bits per heavy atom. The lowest BCUT2D eigenvalue weighted by molar-refractivity contribution is -0.386. The number of nitro benzene ring substituents is 1. The molecule has 0 saturated carbocycles. The van der Waals surface area contributed by atoms with Gasteiger partial charge in [-0.25, -0.2) is 0 Å². The van der Waals surface area contributed by atoms with Gasteiger partial charge in [-0.05, 0) is 12.1 Å². The van der Waals surface area contributed by atoms with Gasteiger partial charge in [0.05, 0.1) is 11.5 Å². The second kappa shape index (κ2) is 16.5. The summed E-state index contributed by atoms with van der Waals surface area (Å²) >= 11 is 0. The number of aliphatic hydroxyl groups is 1. The minimum absolute atomic E-state index is 0.0739. The molecule has 1 N–H and O–H groups in total. The Kier molecular flexibility index (Phi) is 12.2. The van der Waals surface area contributed by atoms with Crippen molar-refractivity contribution in [1.29, 1.82) is 0 Å². The van der Waals surface area contributed by atoms with Crippen molar-refractivity contribution in [3.05, 3.63) is 70.3 Å². The molecule has 0 radical (unpaired) electrons. The second-order valence-electron chi connectivity index (χ2n) is 11.7. The van der Waals surface area contributed by atoms with E-state index in [1.165, 1.54) is 24.3 Å². The van der Waals surface area contributed by atoms with Crippen LogP contribution in [0.1, 0.15) is 39.5 Å². The second-order valence-corrected chi connectivity index (χ2v) is 11.7. The van der Waals surface area contributed by atoms with Gasteiger partial charge in [0.25, 0.3) is 5.69 Å². The van der Waals surface area contributed by atoms with E-state index >= 15 is 0 Å². The van der Waals surface area contributed by atoms with E-state index in [2.05, 4.69) is 0 Å². The Morgan fingerprint density at radius 1 is 0.784 bits per heavy atom. The molecule has 3 aliphatic rings. The van der Waals surface area contributed by atoms with Crippen molar-refractivity contribution in [2.45, 2.75) is 95.4 Å². The highest BCUT2D eigenvalue weighted by Crippen LogP contribution is 2.39. The van der Waals surface area contributed by atoms with Crippen LogP contribution in [0.3, 0.4) is 0 Å². The van der Waals surface area contributed by atoms with E-state index in [9.17, 15) is 34.4 Å². The van der Waals surface area contributed by atoms with Gasteiger partial charge in [-0.1, -0.05) is 30.3 Å². The van der Waals surface area contributed by atoms with Crippen LogP contribution >= 0.6 is 0 Å². The molecule has 2 aromatic rings. The molecule has 0 bridgehead atoms. The quantitative estimate of drug-likeness (QED) is 0.151. The highest BCUT2D eigenvalue weighted by atomic mass is 16.8. The Morgan fingerprint density at radius 3 is 2.02 bits per heavy atom. The van der Waals surface area contributed by atoms with Crippen molar-refractivity contribution in [3.63, 3.8) is 0 Å². The van der Waals surface area contributed by atoms with Crippen LogP contribution in [-0.2, 0) is 61.8 Å². The van der Waals surface area contributed by atoms with Crippen molar-refractivity contribution >= 4 is 29.6 Å². The van der Waals surface area contributed by atoms with Crippen LogP contribution in [0.2, 0.25) is 0 Å². The first-order valence-electron chi connectivity index (χ1n) is 15.8. The van der Waals surface area contributed by atoms with E-state index in [0.29, 0.717) is 5.56 Å². The van der Waals surface area contributed by atoms with Gasteiger partial charge in [0.15, 0.2) is 30.9 Å². The molecule has 0 aromatic heterocycles. The van der Waals surface area contributed by atoms with Crippen molar-refractivity contribution in [2.75, 3.05) is 13.2 Å². The van der Waals surface area contributed by atoms with Gasteiger partial charge in [0.1, 0.15) is 42.9 Å². The molecule has 0 aliphatic carbocycles. The predicted octanol–water partition coefficient (Wildman–Crippen LogP) is 1.64. The van der Waals surface area contributed by atoms with Gasteiger partial charge < -0.3 is 52.5 Å². The number of benzene rings is 2. The van der Waals surface area contributed by atoms with Gasteiger partial charge in [-0.2, -0.15) is 0 Å². The number of rotatable bonds is 11. The number of carbonyl (C=O) groups excluding carboxylic acids is 4. The average molecular weight is 720 g/mol. The Balaban J connectivity index is 1.51. The van der Waals surface area contributed by atoms with Gasteiger partial charge in [-0.15, -0.1) is 0 Å². The third-order valence-corrected chi connectivity index (χ3v) is 7.92. The Hall–Kier alpha value is -4.72. The number of nitrogens with zero attached hydrogens (tertiary/aromatic N) is 1. The molecule has 5 rings (SSSR count). The molecule has 18 nitrogen and oxygen atoms in total. The van der Waals surface area contributed by atoms with Crippen LogP contribution in [0.15, 0.2) is 54.6 Å². The molecule has 0 spiro atoms. The summed E-state index contributed by atoms with van der Waals surface area (Å²) in [6.07, 6.45) is -15.1. The fraction of sp³-hybridized carbons (Fsp3) is 0.515. The average Bonchev–Trinajstić information content (AvgIpc) is 3.08. The summed E-state index contributed by atoms with van der Waals surface area (Å²) in [7, 11) is 0. The highest BCUT2D eigenvalue weighted by molar-refractivity contribution is 5.68. The lowest BCUT2D eigenvalue weighted by Gasteiger charge is -2.50. The maximum Gasteiger partial charge on any atom is 0.303 e. The smallest absolute Gasteiger partial charge is 0.303 e. The first-order valence-corrected chi connectivity index (χ1v) is 15.8. The monoisotopic (exact) mass is 719 g/mol. The van der Waals surface area contributed by atoms with Crippen LogP contribution in [0.4, 0.5) is 5.69 Å². The zero-order valence-electron chi connectivity index (χ0n) is 27.9. The van der Waals surface area contributed by atoms with Gasteiger partial charge >= 0.3 is 23.9 Å². The van der Waals surface area contributed by atoms with Gasteiger partial charge in [0, 0.05) is 45.4 Å². The summed E-state index contributed by atoms with van der Waals surface area (Å²) in [5.41, 5.74) is 0.444. The Bertz CT molecular complexity index is 1550. The van der Waals surface area contributed by atoms with Crippen molar-refractivity contribution in [2.24, 2.45) is 0 Å². The summed E-state index contributed by atoms with van der Waals surface area (Å²) in [4.78, 5) is 59.2. The Labute approximate surface area is 290 Å². The van der Waals surface area contributed by atoms with E-state index in [4.69, 9.17) is 47.4 Å². The van der Waals surface area contributed by atoms with Crippen LogP contribution in [0.25, 0.3) is 0 Å². The summed E-state index contributed by atoms with van der Waals surface area (Å²) in [5.74, 6) is -3.12. The normalized spacial score (nSPS) is 31.7. The topological polar surface area (TPSA) is 224 Å². The number of non-ortho nitro benzene ring substituents is 1. The van der Waals surface area contributed by atoms with Crippen LogP contribution in [-0.4, -0.2) is 109 Å². The SMILES string of the molecule is CC(=O)OC[C@H]1O[C@@H](O[C@@H]2[C@@H](O)[C@H](Oc3ccc([N+](=O)[O-])cc3)O[C@@H]3CO[C@H](c4ccccc4)O[C@@H]23)[C@H](OC(C)=O)[C@@H](OC(C)=O)[C@@H]1OC(C)=O. The van der Waals surface area contributed by atoms with E-state index in [1.807, 2.05) is 0 Å². The zero-order chi connectivity index (χ0) is 36.8. The minimum atomic E-state index is -1.68. The largest absolute Gasteiger partial charge is 0.463 e. The number of ether oxygens (including phenoxy) is 10. The molecular weight excluding hydrogens is 682 g/mol. The van der Waals surface area contributed by atoms with E-state index in [1.54, 1.807) is 30.3 Å². The standard InChI is InChI=1S/C33H37NO17/c1-16(35)42-14-23-27(44-17(2)36)29(45-18(3)37)30(46-19(4)38)33(49-23)51-28-25(39)32(47-22-12-10-21(11-13-22)34(40)41)48-24-15-43-31(50-26(24)28)20-8-6-5-7-9-20/h5-13,23-33,39H,14-15H2,1-4H3/t23-,24-,25-,26-,27-,28-,29+,30-,31+,32-,33+/m1/s1. The van der Waals surface area contributed by atoms with E-state index in [-0.39, 0.29) is 18.0 Å². The lowest BCUT2D eigenvalue weighted by atomic mass is 9.95. The lowest BCUT2D eigenvalue weighted by Crippen LogP contribution is -2.67. The highest BCUT2D eigenvalue weighted by Gasteiger charge is 2.57. The maximum atomic E-state index is 12.4. The number of hydrogen-bond donors (Lipinski definition) is 1. The van der Waals surface area contributed by atoms with Gasteiger partial charge in [-0.3, -0.25) is 29.3 Å². The molecule has 276 valence electrons. The third kappa shape index (κ3) is 9.34. The number of fused-ring (bicyclic) bond motifs is 1. The predicted molar refractivity (Wildman–Crippen MR) is 165 cm³/mol. The number of carbonyl (C=O) groups is 4. The number of hydrogen-bond acceptors (Lipinski definition) is 17. The molecule has 18 heteroatoms.